The Morgan fingerprint density at radius 2 is 2.06 bits per heavy atom. The Morgan fingerprint density at radius 1 is 1.29 bits per heavy atom. The Bertz CT molecular complexity index is 511. The number of ether oxygens (including phenoxy) is 1. The molecule has 0 amide bonds. The van der Waals surface area contributed by atoms with Crippen LogP contribution in [0.1, 0.15) is 0 Å². The van der Waals surface area contributed by atoms with Gasteiger partial charge in [0, 0.05) is 12.4 Å². The molecule has 1 aromatic heterocycles. The van der Waals surface area contributed by atoms with E-state index in [1.54, 1.807) is 0 Å². The molecule has 0 saturated carbocycles. The van der Waals surface area contributed by atoms with Gasteiger partial charge in [-0.25, -0.2) is 4.98 Å². The lowest BCUT2D eigenvalue weighted by atomic mass is 10.3. The first-order chi connectivity index (χ1) is 7.97. The van der Waals surface area contributed by atoms with Crippen molar-refractivity contribution in [2.45, 2.75) is 6.36 Å². The molecule has 0 radical (unpaired) electrons. The van der Waals surface area contributed by atoms with Gasteiger partial charge in [-0.2, -0.15) is 0 Å². The number of hydrogen-bond acceptors (Lipinski definition) is 2. The van der Waals surface area contributed by atoms with E-state index in [0.29, 0.717) is 0 Å². The number of benzene rings is 1. The third-order valence-electron chi connectivity index (χ3n) is 1.95. The van der Waals surface area contributed by atoms with Crippen molar-refractivity contribution in [3.05, 3.63) is 41.9 Å². The van der Waals surface area contributed by atoms with Gasteiger partial charge < -0.3 is 9.30 Å². The number of para-hydroxylation sites is 1. The first kappa shape index (κ1) is 11.8. The van der Waals surface area contributed by atoms with Crippen LogP contribution in [-0.4, -0.2) is 15.9 Å². The second-order valence-electron chi connectivity index (χ2n) is 3.11. The minimum atomic E-state index is -4.79. The van der Waals surface area contributed by atoms with Gasteiger partial charge in [-0.3, -0.25) is 0 Å². The van der Waals surface area contributed by atoms with E-state index >= 15 is 0 Å². The lowest BCUT2D eigenvalue weighted by molar-refractivity contribution is -0.274. The summed E-state index contributed by atoms with van der Waals surface area (Å²) in [6.45, 7) is 0. The molecule has 90 valence electrons. The van der Waals surface area contributed by atoms with Gasteiger partial charge in [0.1, 0.15) is 0 Å². The summed E-state index contributed by atoms with van der Waals surface area (Å²) in [5.41, 5.74) is 0.173. The zero-order valence-corrected chi connectivity index (χ0v) is 9.03. The fourth-order valence-corrected chi connectivity index (χ4v) is 1.53. The molecule has 0 unspecified atom stereocenters. The Labute approximate surface area is 99.4 Å². The van der Waals surface area contributed by atoms with Crippen molar-refractivity contribution in [3.63, 3.8) is 0 Å². The summed E-state index contributed by atoms with van der Waals surface area (Å²) in [4.78, 5) is 3.75. The van der Waals surface area contributed by atoms with Gasteiger partial charge in [-0.05, 0) is 12.1 Å². The third kappa shape index (κ3) is 2.71. The van der Waals surface area contributed by atoms with Crippen LogP contribution in [0, 0.1) is 0 Å². The molecule has 0 bridgehead atoms. The van der Waals surface area contributed by atoms with Crippen LogP contribution in [0.2, 0.25) is 5.02 Å². The standard InChI is InChI=1S/C10H6ClF3N2O/c11-7-2-1-3-8(16-5-4-15-6-16)9(7)17-10(12,13)14/h1-6H. The van der Waals surface area contributed by atoms with Crippen LogP contribution in [0.4, 0.5) is 13.2 Å². The Morgan fingerprint density at radius 3 is 2.65 bits per heavy atom. The third-order valence-corrected chi connectivity index (χ3v) is 2.24. The van der Waals surface area contributed by atoms with Crippen molar-refractivity contribution in [2.24, 2.45) is 0 Å². The minimum Gasteiger partial charge on any atom is -0.402 e. The fourth-order valence-electron chi connectivity index (χ4n) is 1.32. The average molecular weight is 263 g/mol. The van der Waals surface area contributed by atoms with Gasteiger partial charge in [0.25, 0.3) is 0 Å². The molecule has 0 saturated heterocycles. The number of alkyl halides is 3. The predicted octanol–water partition coefficient (Wildman–Crippen LogP) is 3.42. The normalized spacial score (nSPS) is 11.5. The van der Waals surface area contributed by atoms with E-state index in [1.165, 1.54) is 41.5 Å². The summed E-state index contributed by atoms with van der Waals surface area (Å²) in [6, 6.07) is 4.30. The molecule has 17 heavy (non-hydrogen) atoms. The Hall–Kier alpha value is -1.69. The maximum Gasteiger partial charge on any atom is 0.573 e. The summed E-state index contributed by atoms with van der Waals surface area (Å²) in [6.07, 6.45) is -0.498. The number of aromatic nitrogens is 2. The molecule has 0 fully saturated rings. The highest BCUT2D eigenvalue weighted by atomic mass is 35.5. The smallest absolute Gasteiger partial charge is 0.402 e. The van der Waals surface area contributed by atoms with Gasteiger partial charge in [-0.15, -0.1) is 13.2 Å². The van der Waals surface area contributed by atoms with E-state index in [4.69, 9.17) is 11.6 Å². The molecule has 7 heteroatoms. The number of hydrogen-bond donors (Lipinski definition) is 0. The summed E-state index contributed by atoms with van der Waals surface area (Å²) in [5, 5.41) is -0.117. The predicted molar refractivity (Wildman–Crippen MR) is 55.3 cm³/mol. The van der Waals surface area contributed by atoms with E-state index in [-0.39, 0.29) is 10.7 Å². The second kappa shape index (κ2) is 4.29. The molecule has 1 heterocycles. The minimum absolute atomic E-state index is 0.117. The molecule has 1 aromatic carbocycles. The van der Waals surface area contributed by atoms with Gasteiger partial charge in [-0.1, -0.05) is 17.7 Å². The lowest BCUT2D eigenvalue weighted by Crippen LogP contribution is -2.18. The van der Waals surface area contributed by atoms with E-state index in [0.717, 1.165) is 0 Å². The molecule has 3 nitrogen and oxygen atoms in total. The molecular weight excluding hydrogens is 257 g/mol. The highest BCUT2D eigenvalue weighted by molar-refractivity contribution is 6.32. The van der Waals surface area contributed by atoms with Crippen molar-refractivity contribution in [2.75, 3.05) is 0 Å². The van der Waals surface area contributed by atoms with Gasteiger partial charge in [0.15, 0.2) is 5.75 Å². The molecule has 0 aliphatic carbocycles. The molecule has 0 aliphatic rings. The Kier molecular flexibility index (Phi) is 2.97. The monoisotopic (exact) mass is 262 g/mol. The maximum absolute atomic E-state index is 12.2. The first-order valence-corrected chi connectivity index (χ1v) is 4.88. The largest absolute Gasteiger partial charge is 0.573 e. The van der Waals surface area contributed by atoms with Crippen LogP contribution in [-0.2, 0) is 0 Å². The van der Waals surface area contributed by atoms with Crippen molar-refractivity contribution in [1.29, 1.82) is 0 Å². The van der Waals surface area contributed by atoms with Crippen LogP contribution < -0.4 is 4.74 Å². The van der Waals surface area contributed by atoms with Crippen LogP contribution in [0.15, 0.2) is 36.9 Å². The maximum atomic E-state index is 12.2. The molecule has 0 atom stereocenters. The van der Waals surface area contributed by atoms with Crippen molar-refractivity contribution in [3.8, 4) is 11.4 Å². The molecule has 0 spiro atoms. The van der Waals surface area contributed by atoms with Crippen molar-refractivity contribution < 1.29 is 17.9 Å². The van der Waals surface area contributed by atoms with E-state index in [2.05, 4.69) is 9.72 Å². The second-order valence-corrected chi connectivity index (χ2v) is 3.51. The molecule has 0 aliphatic heterocycles. The first-order valence-electron chi connectivity index (χ1n) is 4.50. The SMILES string of the molecule is FC(F)(F)Oc1c(Cl)cccc1-n1ccnc1. The van der Waals surface area contributed by atoms with Gasteiger partial charge in [0.05, 0.1) is 17.0 Å². The molecule has 0 N–H and O–H groups in total. The van der Waals surface area contributed by atoms with Crippen LogP contribution >= 0.6 is 11.6 Å². The Balaban J connectivity index is 2.49. The molecular formula is C10H6ClF3N2O. The van der Waals surface area contributed by atoms with E-state index in [1.807, 2.05) is 0 Å². The topological polar surface area (TPSA) is 27.1 Å². The molecule has 2 rings (SSSR count). The van der Waals surface area contributed by atoms with E-state index in [9.17, 15) is 13.2 Å². The number of rotatable bonds is 2. The number of nitrogens with zero attached hydrogens (tertiary/aromatic N) is 2. The number of halogens is 4. The van der Waals surface area contributed by atoms with Crippen molar-refractivity contribution in [1.82, 2.24) is 9.55 Å². The highest BCUT2D eigenvalue weighted by Gasteiger charge is 2.33. The average Bonchev–Trinajstić information content (AvgIpc) is 2.72. The van der Waals surface area contributed by atoms with Crippen LogP contribution in [0.25, 0.3) is 5.69 Å². The van der Waals surface area contributed by atoms with E-state index < -0.39 is 12.1 Å². The van der Waals surface area contributed by atoms with Crippen LogP contribution in [0.3, 0.4) is 0 Å². The quantitative estimate of drug-likeness (QED) is 0.829. The summed E-state index contributed by atoms with van der Waals surface area (Å²) < 4.78 is 42.0. The molecule has 2 aromatic rings. The van der Waals surface area contributed by atoms with Gasteiger partial charge in [0.2, 0.25) is 0 Å². The summed E-state index contributed by atoms with van der Waals surface area (Å²) >= 11 is 5.69. The zero-order valence-electron chi connectivity index (χ0n) is 8.28. The number of imidazole rings is 1. The summed E-state index contributed by atoms with van der Waals surface area (Å²) in [7, 11) is 0. The van der Waals surface area contributed by atoms with Crippen molar-refractivity contribution >= 4 is 11.6 Å². The fraction of sp³-hybridized carbons (Fsp3) is 0.100. The highest BCUT2D eigenvalue weighted by Crippen LogP contribution is 2.35. The van der Waals surface area contributed by atoms with Gasteiger partial charge >= 0.3 is 6.36 Å². The lowest BCUT2D eigenvalue weighted by Gasteiger charge is -2.14. The van der Waals surface area contributed by atoms with Crippen LogP contribution in [0.5, 0.6) is 5.75 Å². The summed E-state index contributed by atoms with van der Waals surface area (Å²) in [5.74, 6) is -0.445. The zero-order chi connectivity index (χ0) is 12.5.